The number of aromatic nitrogens is 2. The summed E-state index contributed by atoms with van der Waals surface area (Å²) in [6.07, 6.45) is -7.65. The zero-order valence-corrected chi connectivity index (χ0v) is 33.8. The van der Waals surface area contributed by atoms with Crippen LogP contribution in [-0.2, 0) is 28.5 Å². The highest BCUT2D eigenvalue weighted by Gasteiger charge is 2.53. The van der Waals surface area contributed by atoms with Crippen LogP contribution in [0.15, 0.2) is 34.0 Å². The van der Waals surface area contributed by atoms with E-state index in [1.807, 2.05) is 4.98 Å². The van der Waals surface area contributed by atoms with Gasteiger partial charge in [-0.3, -0.25) is 23.9 Å². The fourth-order valence-electron chi connectivity index (χ4n) is 7.63. The minimum absolute atomic E-state index is 0.597. The van der Waals surface area contributed by atoms with Crippen molar-refractivity contribution in [3.63, 3.8) is 0 Å². The number of H-pyrrole nitrogens is 1. The van der Waals surface area contributed by atoms with Crippen LogP contribution in [0.25, 0.3) is 0 Å². The summed E-state index contributed by atoms with van der Waals surface area (Å²) < 4.78 is 24.1. The first-order valence-electron chi connectivity index (χ1n) is 20.6. The molecule has 11 N–H and O–H groups in total. The molecule has 0 saturated carbocycles. The maximum atomic E-state index is 13.1. The Morgan fingerprint density at radius 2 is 1.39 bits per heavy atom. The molecule has 5 unspecified atom stereocenters. The molecule has 0 bridgehead atoms. The van der Waals surface area contributed by atoms with Gasteiger partial charge in [0.2, 0.25) is 11.8 Å². The van der Waals surface area contributed by atoms with Gasteiger partial charge < -0.3 is 70.4 Å². The average Bonchev–Trinajstić information content (AvgIpc) is 3.47. The van der Waals surface area contributed by atoms with E-state index in [1.165, 1.54) is 38.2 Å². The number of hydrogen-bond donors (Lipinski definition) is 11. The minimum Gasteiger partial charge on any atom is -0.394 e. The van der Waals surface area contributed by atoms with E-state index in [0.717, 1.165) is 55.4 Å². The molecule has 0 aliphatic carbocycles. The number of rotatable bonds is 21. The number of hydrogen-bond acceptors (Lipinski definition) is 16. The molecule has 4 heterocycles. The topological polar surface area (TPSA) is 312 Å². The Labute approximate surface area is 342 Å². The van der Waals surface area contributed by atoms with Crippen molar-refractivity contribution in [1.29, 1.82) is 0 Å². The van der Waals surface area contributed by atoms with Crippen molar-refractivity contribution in [2.24, 2.45) is 5.92 Å². The molecule has 3 fully saturated rings. The highest BCUT2D eigenvalue weighted by atomic mass is 16.8. The molecular formula is C39H64N4O16. The second-order valence-electron chi connectivity index (χ2n) is 16.1. The monoisotopic (exact) mass is 844 g/mol. The van der Waals surface area contributed by atoms with Crippen LogP contribution in [0.1, 0.15) is 97.6 Å². The lowest BCUT2D eigenvalue weighted by Crippen LogP contribution is -2.68. The van der Waals surface area contributed by atoms with Crippen LogP contribution in [0.3, 0.4) is 0 Å². The first-order valence-corrected chi connectivity index (χ1v) is 20.6. The Bertz CT molecular complexity index is 1610. The van der Waals surface area contributed by atoms with Crippen LogP contribution in [-0.4, -0.2) is 155 Å². The molecule has 20 nitrogen and oxygen atoms in total. The summed E-state index contributed by atoms with van der Waals surface area (Å²) in [7, 11) is 0. The number of amides is 2. The van der Waals surface area contributed by atoms with E-state index in [1.54, 1.807) is 6.08 Å². The molecular weight excluding hydrogens is 780 g/mol. The van der Waals surface area contributed by atoms with Crippen LogP contribution in [0.2, 0.25) is 0 Å². The molecule has 2 amide bonds. The quantitative estimate of drug-likeness (QED) is 0.0467. The van der Waals surface area contributed by atoms with Crippen LogP contribution < -0.4 is 21.9 Å². The number of aromatic amines is 1. The summed E-state index contributed by atoms with van der Waals surface area (Å²) >= 11 is 0. The molecule has 1 aromatic rings. The van der Waals surface area contributed by atoms with E-state index in [-0.39, 0.29) is 0 Å². The lowest BCUT2D eigenvalue weighted by Gasteiger charge is -2.47. The predicted octanol–water partition coefficient (Wildman–Crippen LogP) is -2.09. The predicted molar refractivity (Wildman–Crippen MR) is 207 cm³/mol. The summed E-state index contributed by atoms with van der Waals surface area (Å²) in [6, 6.07) is -2.01. The number of carbonyl (C=O) groups is 2. The summed E-state index contributed by atoms with van der Waals surface area (Å²) in [5.74, 6) is -0.621. The van der Waals surface area contributed by atoms with Crippen LogP contribution in [0, 0.1) is 5.92 Å². The zero-order chi connectivity index (χ0) is 43.4. The fourth-order valence-corrected chi connectivity index (χ4v) is 7.63. The standard InChI is InChI=1S/C39H64N4O16/c1-20(2)14-12-10-8-6-4-5-7-9-11-13-15-25(47)41-28-32(52)29(49)23(56-38(28)59-37-27(40-21(3)45)31(51)30(50)24(19-44)57-37)18-22(46)35-33(53)34(54)36(58-35)43-17-16-26(48)42-39(43)55/h13,15-17,20,22-24,27-38,44,46,49-54H,4-12,14,18-19H2,1-3H3,(H,40,45)(H,41,47)(H,42,48,55)/b15-13+/t22?,23-,24+,27+,28-,29+,30+,31+,32-,33?,34?,35?,36?,37+,38+/m0/s1. The Hall–Kier alpha value is -3.12. The van der Waals surface area contributed by atoms with E-state index in [9.17, 15) is 60.0 Å². The number of nitrogens with zero attached hydrogens (tertiary/aromatic N) is 1. The summed E-state index contributed by atoms with van der Waals surface area (Å²) in [5.41, 5.74) is -1.68. The third kappa shape index (κ3) is 13.4. The third-order valence-electron chi connectivity index (χ3n) is 11.0. The molecule has 20 heteroatoms. The Morgan fingerprint density at radius 3 is 1.98 bits per heavy atom. The van der Waals surface area contributed by atoms with Gasteiger partial charge in [0.05, 0.1) is 18.8 Å². The highest BCUT2D eigenvalue weighted by Crippen LogP contribution is 2.34. The maximum absolute atomic E-state index is 13.1. The minimum atomic E-state index is -1.85. The molecule has 3 aliphatic heterocycles. The highest BCUT2D eigenvalue weighted by molar-refractivity contribution is 5.87. The van der Waals surface area contributed by atoms with E-state index in [2.05, 4.69) is 24.5 Å². The maximum Gasteiger partial charge on any atom is 0.330 e. The van der Waals surface area contributed by atoms with Gasteiger partial charge in [-0.1, -0.05) is 71.3 Å². The number of aliphatic hydroxyl groups is 8. The van der Waals surface area contributed by atoms with Crippen molar-refractivity contribution >= 4 is 11.8 Å². The summed E-state index contributed by atoms with van der Waals surface area (Å²) in [5, 5.41) is 91.4. The van der Waals surface area contributed by atoms with Crippen molar-refractivity contribution < 1.29 is 69.4 Å². The van der Waals surface area contributed by atoms with Gasteiger partial charge >= 0.3 is 5.69 Å². The first kappa shape index (κ1) is 48.5. The molecule has 3 saturated heterocycles. The number of nitrogens with one attached hydrogen (secondary N) is 3. The second-order valence-corrected chi connectivity index (χ2v) is 16.1. The van der Waals surface area contributed by atoms with E-state index < -0.39 is 128 Å². The number of aliphatic hydroxyl groups excluding tert-OH is 8. The van der Waals surface area contributed by atoms with E-state index >= 15 is 0 Å². The van der Waals surface area contributed by atoms with Crippen molar-refractivity contribution in [3.05, 3.63) is 45.3 Å². The smallest absolute Gasteiger partial charge is 0.330 e. The molecule has 3 aliphatic rings. The van der Waals surface area contributed by atoms with E-state index in [4.69, 9.17) is 18.9 Å². The van der Waals surface area contributed by atoms with Crippen molar-refractivity contribution in [2.75, 3.05) is 6.61 Å². The zero-order valence-electron chi connectivity index (χ0n) is 33.8. The summed E-state index contributed by atoms with van der Waals surface area (Å²) in [6.45, 7) is 4.81. The Morgan fingerprint density at radius 1 is 0.814 bits per heavy atom. The number of carbonyl (C=O) groups excluding carboxylic acids is 2. The lowest BCUT2D eigenvalue weighted by molar-refractivity contribution is -0.346. The van der Waals surface area contributed by atoms with Gasteiger partial charge in [0, 0.05) is 25.6 Å². The molecule has 4 rings (SSSR count). The molecule has 0 aromatic carbocycles. The van der Waals surface area contributed by atoms with Crippen LogP contribution >= 0.6 is 0 Å². The molecule has 15 atom stereocenters. The van der Waals surface area contributed by atoms with Gasteiger partial charge in [-0.2, -0.15) is 0 Å². The van der Waals surface area contributed by atoms with Gasteiger partial charge in [-0.05, 0) is 24.8 Å². The molecule has 0 radical (unpaired) electrons. The largest absolute Gasteiger partial charge is 0.394 e. The lowest BCUT2D eigenvalue weighted by atomic mass is 9.91. The Kier molecular flexibility index (Phi) is 19.1. The SMILES string of the molecule is CC(=O)N[C@H]1[C@@H](O[C@H]2O[C@@H](CC(O)C3OC(n4ccc(=O)[nH]c4=O)C(O)C3O)[C@@H](O)[C@@H](O)[C@@H]2NC(=O)/C=C/CCCCCCCCCCC(C)C)O[C@H](CO)[C@@H](O)[C@@H]1O. The van der Waals surface area contributed by atoms with E-state index in [0.29, 0.717) is 6.42 Å². The second kappa shape index (κ2) is 23.2. The fraction of sp³-hybridized carbons (Fsp3) is 0.795. The number of allylic oxidation sites excluding steroid dienone is 1. The van der Waals surface area contributed by atoms with Gasteiger partial charge in [0.1, 0.15) is 60.9 Å². The van der Waals surface area contributed by atoms with Crippen molar-refractivity contribution in [3.8, 4) is 0 Å². The Balaban J connectivity index is 1.44. The molecule has 59 heavy (non-hydrogen) atoms. The van der Waals surface area contributed by atoms with Crippen LogP contribution in [0.4, 0.5) is 0 Å². The van der Waals surface area contributed by atoms with Crippen molar-refractivity contribution in [2.45, 2.75) is 183 Å². The molecule has 0 spiro atoms. The average molecular weight is 845 g/mol. The van der Waals surface area contributed by atoms with Crippen LogP contribution in [0.5, 0.6) is 0 Å². The molecule has 1 aromatic heterocycles. The van der Waals surface area contributed by atoms with Gasteiger partial charge in [-0.25, -0.2) is 4.79 Å². The normalized spacial score (nSPS) is 34.3. The van der Waals surface area contributed by atoms with Gasteiger partial charge in [0.25, 0.3) is 5.56 Å². The first-order chi connectivity index (χ1) is 28.0. The number of ether oxygens (including phenoxy) is 4. The summed E-state index contributed by atoms with van der Waals surface area (Å²) in [4.78, 5) is 51.1. The number of unbranched alkanes of at least 4 members (excludes halogenated alkanes) is 8. The van der Waals surface area contributed by atoms with Crippen molar-refractivity contribution in [1.82, 2.24) is 20.2 Å². The van der Waals surface area contributed by atoms with Gasteiger partial charge in [0.15, 0.2) is 18.8 Å². The molecule has 336 valence electrons. The third-order valence-corrected chi connectivity index (χ3v) is 11.0. The van der Waals surface area contributed by atoms with Gasteiger partial charge in [-0.15, -0.1) is 0 Å².